The van der Waals surface area contributed by atoms with E-state index >= 15 is 0 Å². The van der Waals surface area contributed by atoms with Gasteiger partial charge in [0.2, 0.25) is 0 Å². The minimum atomic E-state index is -6.30. The van der Waals surface area contributed by atoms with Gasteiger partial charge < -0.3 is 0 Å². The molecule has 128 valence electrons. The summed E-state index contributed by atoms with van der Waals surface area (Å²) in [4.78, 5) is 0. The van der Waals surface area contributed by atoms with Crippen LogP contribution in [0, 0.1) is 23.0 Å². The molecule has 0 atom stereocenters. The van der Waals surface area contributed by atoms with E-state index in [1.807, 2.05) is 0 Å². The molecule has 23 heavy (non-hydrogen) atoms. The molecule has 1 aromatic carbocycles. The Balaban J connectivity index is 4.21. The van der Waals surface area contributed by atoms with Crippen LogP contribution in [0.4, 0.5) is 48.3 Å². The molecule has 0 saturated carbocycles. The molecule has 1 aromatic rings. The van der Waals surface area contributed by atoms with Gasteiger partial charge in [-0.1, -0.05) is 0 Å². The second-order valence-corrected chi connectivity index (χ2v) is 4.06. The Morgan fingerprint density at radius 3 is 1.35 bits per heavy atom. The molecule has 1 nitrogen and oxygen atoms in total. The summed E-state index contributed by atoms with van der Waals surface area (Å²) in [7, 11) is 0. The minimum Gasteiger partial charge on any atom is -0.203 e. The summed E-state index contributed by atoms with van der Waals surface area (Å²) in [5.74, 6) is -5.96. The van der Waals surface area contributed by atoms with Crippen molar-refractivity contribution in [2.24, 2.45) is 0 Å². The molecule has 0 heterocycles. The van der Waals surface area contributed by atoms with E-state index in [1.165, 1.54) is 0 Å². The second-order valence-electron chi connectivity index (χ2n) is 4.06. The van der Waals surface area contributed by atoms with Crippen LogP contribution in [0.1, 0.15) is 22.3 Å². The van der Waals surface area contributed by atoms with Crippen LogP contribution in [-0.2, 0) is 24.9 Å². The third kappa shape index (κ3) is 3.48. The monoisotopic (exact) mass is 357 g/mol. The summed E-state index contributed by atoms with van der Waals surface area (Å²) in [6.07, 6.45) is -20.4. The predicted molar refractivity (Wildman–Crippen MR) is 50.7 cm³/mol. The number of hydrogen-bond acceptors (Lipinski definition) is 1. The highest BCUT2D eigenvalue weighted by molar-refractivity contribution is 5.48. The van der Waals surface area contributed by atoms with Crippen LogP contribution in [0.25, 0.3) is 0 Å². The molecule has 0 aliphatic rings. The Bertz CT molecular complexity index is 657. The first-order valence-corrected chi connectivity index (χ1v) is 5.26. The van der Waals surface area contributed by atoms with Crippen molar-refractivity contribution in [3.8, 4) is 6.07 Å². The summed E-state index contributed by atoms with van der Waals surface area (Å²) >= 11 is 0. The van der Waals surface area contributed by atoms with E-state index in [0.29, 0.717) is 0 Å². The first kappa shape index (κ1) is 19.0. The lowest BCUT2D eigenvalue weighted by molar-refractivity contribution is -0.176. The highest BCUT2D eigenvalue weighted by Crippen LogP contribution is 2.49. The molecule has 0 aliphatic carbocycles. The summed E-state index contributed by atoms with van der Waals surface area (Å²) in [5.41, 5.74) is -12.0. The van der Waals surface area contributed by atoms with Crippen molar-refractivity contribution in [2.75, 3.05) is 0 Å². The fourth-order valence-corrected chi connectivity index (χ4v) is 1.85. The zero-order valence-electron chi connectivity index (χ0n) is 10.3. The molecule has 12 heteroatoms. The second kappa shape index (κ2) is 5.54. The number of hydrogen-bond donors (Lipinski definition) is 0. The van der Waals surface area contributed by atoms with E-state index in [0.717, 1.165) is 6.07 Å². The van der Waals surface area contributed by atoms with Crippen molar-refractivity contribution in [3.63, 3.8) is 0 Å². The van der Waals surface area contributed by atoms with Gasteiger partial charge in [-0.25, -0.2) is 8.78 Å². The van der Waals surface area contributed by atoms with Gasteiger partial charge in [0.05, 0.1) is 23.6 Å². The molecule has 0 amide bonds. The van der Waals surface area contributed by atoms with Crippen molar-refractivity contribution in [1.29, 1.82) is 5.26 Å². The fourth-order valence-electron chi connectivity index (χ4n) is 1.85. The lowest BCUT2D eigenvalue weighted by Gasteiger charge is -2.24. The van der Waals surface area contributed by atoms with Gasteiger partial charge in [0, 0.05) is 5.56 Å². The zero-order valence-corrected chi connectivity index (χ0v) is 10.3. The van der Waals surface area contributed by atoms with Crippen LogP contribution in [0.15, 0.2) is 0 Å². The average molecular weight is 357 g/mol. The normalized spacial score (nSPS) is 13.1. The smallest absolute Gasteiger partial charge is 0.203 e. The van der Waals surface area contributed by atoms with Gasteiger partial charge in [-0.3, -0.25) is 0 Å². The quantitative estimate of drug-likeness (QED) is 0.643. The van der Waals surface area contributed by atoms with E-state index in [9.17, 15) is 48.3 Å². The number of benzene rings is 1. The molecule has 0 aliphatic heterocycles. The lowest BCUT2D eigenvalue weighted by Crippen LogP contribution is -2.27. The first-order chi connectivity index (χ1) is 10.1. The Labute approximate surface area is 119 Å². The van der Waals surface area contributed by atoms with E-state index in [2.05, 4.69) is 0 Å². The van der Waals surface area contributed by atoms with Gasteiger partial charge in [0.1, 0.15) is 5.56 Å². The number of nitrogens with zero attached hydrogens (tertiary/aromatic N) is 1. The topological polar surface area (TPSA) is 23.8 Å². The molecule has 0 aromatic heterocycles. The number of alkyl halides is 9. The molecule has 0 radical (unpaired) electrons. The summed E-state index contributed by atoms with van der Waals surface area (Å²) in [6.45, 7) is 0. The molecule has 0 fully saturated rings. The molecule has 1 rings (SSSR count). The van der Waals surface area contributed by atoms with Crippen molar-refractivity contribution in [3.05, 3.63) is 33.9 Å². The fraction of sp³-hybridized carbons (Fsp3) is 0.364. The van der Waals surface area contributed by atoms with E-state index < -0.39 is 58.8 Å². The molecule has 0 spiro atoms. The number of halogens is 11. The van der Waals surface area contributed by atoms with Crippen LogP contribution in [0.3, 0.4) is 0 Å². The molecule has 0 saturated heterocycles. The number of rotatable bonds is 1. The Morgan fingerprint density at radius 2 is 1.04 bits per heavy atom. The molecule has 0 bridgehead atoms. The summed E-state index contributed by atoms with van der Waals surface area (Å²) < 4.78 is 141. The minimum absolute atomic E-state index is 0.846. The molecular formula is C11H2F11N. The van der Waals surface area contributed by atoms with Gasteiger partial charge in [-0.2, -0.15) is 44.8 Å². The average Bonchev–Trinajstić information content (AvgIpc) is 2.30. The summed E-state index contributed by atoms with van der Waals surface area (Å²) in [6, 6.07) is 0.846. The van der Waals surface area contributed by atoms with Gasteiger partial charge in [-0.05, 0) is 0 Å². The number of nitriles is 1. The maximum absolute atomic E-state index is 13.4. The van der Waals surface area contributed by atoms with E-state index in [4.69, 9.17) is 5.26 Å². The zero-order chi connectivity index (χ0) is 18.4. The maximum atomic E-state index is 13.4. The van der Waals surface area contributed by atoms with Gasteiger partial charge in [0.25, 0.3) is 0 Å². The maximum Gasteiger partial charge on any atom is 0.419 e. The van der Waals surface area contributed by atoms with Crippen LogP contribution >= 0.6 is 0 Å². The highest BCUT2D eigenvalue weighted by Gasteiger charge is 2.54. The molecule has 0 N–H and O–H groups in total. The predicted octanol–water partition coefficient (Wildman–Crippen LogP) is 5.09. The van der Waals surface area contributed by atoms with E-state index in [-0.39, 0.29) is 0 Å². The van der Waals surface area contributed by atoms with Gasteiger partial charge in [0.15, 0.2) is 11.6 Å². The highest BCUT2D eigenvalue weighted by atomic mass is 19.4. The SMILES string of the molecule is N#CCc1c(F)c(F)c(C(F)(F)F)c(C(F)(F)F)c1C(F)(F)F. The van der Waals surface area contributed by atoms with Crippen LogP contribution < -0.4 is 0 Å². The van der Waals surface area contributed by atoms with Crippen molar-refractivity contribution in [2.45, 2.75) is 24.9 Å². The molecular weight excluding hydrogens is 355 g/mol. The molecule has 0 unspecified atom stereocenters. The van der Waals surface area contributed by atoms with Crippen LogP contribution in [0.5, 0.6) is 0 Å². The van der Waals surface area contributed by atoms with Crippen LogP contribution in [-0.4, -0.2) is 0 Å². The lowest BCUT2D eigenvalue weighted by atomic mass is 9.91. The Kier molecular flexibility index (Phi) is 4.57. The van der Waals surface area contributed by atoms with Crippen LogP contribution in [0.2, 0.25) is 0 Å². The van der Waals surface area contributed by atoms with Crippen molar-refractivity contribution < 1.29 is 48.3 Å². The van der Waals surface area contributed by atoms with E-state index in [1.54, 1.807) is 0 Å². The first-order valence-electron chi connectivity index (χ1n) is 5.26. The van der Waals surface area contributed by atoms with Crippen molar-refractivity contribution in [1.82, 2.24) is 0 Å². The Morgan fingerprint density at radius 1 is 0.652 bits per heavy atom. The Hall–Kier alpha value is -2.06. The third-order valence-electron chi connectivity index (χ3n) is 2.59. The summed E-state index contributed by atoms with van der Waals surface area (Å²) in [5, 5.41) is 8.24. The largest absolute Gasteiger partial charge is 0.419 e. The third-order valence-corrected chi connectivity index (χ3v) is 2.59. The van der Waals surface area contributed by atoms with Gasteiger partial charge >= 0.3 is 18.5 Å². The van der Waals surface area contributed by atoms with Gasteiger partial charge in [-0.15, -0.1) is 0 Å². The van der Waals surface area contributed by atoms with Crippen molar-refractivity contribution >= 4 is 0 Å². The standard InChI is InChI=1S/C11H2F11N/c12-7-3(1-2-23)4(9(14,15)16)5(10(17,18)19)6(8(7)13)11(20,21)22/h1H2.